The van der Waals surface area contributed by atoms with E-state index < -0.39 is 5.97 Å². The van der Waals surface area contributed by atoms with Gasteiger partial charge < -0.3 is 14.2 Å². The largest absolute Gasteiger partial charge is 0.490 e. The quantitative estimate of drug-likeness (QED) is 0.368. The molecular weight excluding hydrogens is 409 g/mol. The summed E-state index contributed by atoms with van der Waals surface area (Å²) in [5, 5.41) is 0. The molecule has 5 nitrogen and oxygen atoms in total. The van der Waals surface area contributed by atoms with E-state index in [0.29, 0.717) is 29.2 Å². The van der Waals surface area contributed by atoms with Crippen LogP contribution in [0.15, 0.2) is 77.4 Å². The lowest BCUT2D eigenvalue weighted by molar-refractivity contribution is -0.129. The van der Waals surface area contributed by atoms with Gasteiger partial charge in [-0.2, -0.15) is 0 Å². The topological polar surface area (TPSA) is 57.1 Å². The lowest BCUT2D eigenvalue weighted by atomic mass is 10.1. The van der Waals surface area contributed by atoms with Crippen LogP contribution >= 0.6 is 0 Å². The van der Waals surface area contributed by atoms with Crippen molar-refractivity contribution in [1.82, 2.24) is 0 Å². The van der Waals surface area contributed by atoms with E-state index in [9.17, 15) is 9.18 Å². The molecule has 0 aromatic heterocycles. The molecule has 0 atom stereocenters. The summed E-state index contributed by atoms with van der Waals surface area (Å²) in [6, 6.07) is 19.3. The van der Waals surface area contributed by atoms with Crippen molar-refractivity contribution in [3.05, 3.63) is 100 Å². The number of benzene rings is 3. The summed E-state index contributed by atoms with van der Waals surface area (Å²) < 4.78 is 30.7. The Morgan fingerprint density at radius 3 is 2.53 bits per heavy atom. The van der Waals surface area contributed by atoms with Gasteiger partial charge >= 0.3 is 5.97 Å². The molecule has 162 valence electrons. The fourth-order valence-electron chi connectivity index (χ4n) is 3.16. The third kappa shape index (κ3) is 4.86. The van der Waals surface area contributed by atoms with Gasteiger partial charge in [0.2, 0.25) is 5.90 Å². The number of hydrogen-bond donors (Lipinski definition) is 0. The zero-order valence-electron chi connectivity index (χ0n) is 17.8. The zero-order valence-corrected chi connectivity index (χ0v) is 17.8. The molecule has 0 spiro atoms. The number of cyclic esters (lactones) is 1. The number of halogens is 1. The predicted octanol–water partition coefficient (Wildman–Crippen LogP) is 5.46. The highest BCUT2D eigenvalue weighted by molar-refractivity contribution is 6.12. The molecule has 1 aliphatic heterocycles. The van der Waals surface area contributed by atoms with E-state index in [1.165, 1.54) is 6.07 Å². The summed E-state index contributed by atoms with van der Waals surface area (Å²) in [6.45, 7) is 4.34. The van der Waals surface area contributed by atoms with Crippen LogP contribution in [0, 0.1) is 12.7 Å². The molecule has 3 aromatic rings. The summed E-state index contributed by atoms with van der Waals surface area (Å²) >= 11 is 0. The lowest BCUT2D eigenvalue weighted by Crippen LogP contribution is -2.05. The first-order valence-electron chi connectivity index (χ1n) is 10.3. The number of carbonyl (C=O) groups is 1. The van der Waals surface area contributed by atoms with E-state index in [1.807, 2.05) is 38.1 Å². The molecule has 1 heterocycles. The number of ether oxygens (including phenoxy) is 3. The van der Waals surface area contributed by atoms with Crippen LogP contribution < -0.4 is 9.47 Å². The molecule has 32 heavy (non-hydrogen) atoms. The van der Waals surface area contributed by atoms with Crippen LogP contribution in [0.25, 0.3) is 6.08 Å². The maximum absolute atomic E-state index is 13.9. The van der Waals surface area contributed by atoms with E-state index in [1.54, 1.807) is 42.5 Å². The first-order chi connectivity index (χ1) is 15.5. The summed E-state index contributed by atoms with van der Waals surface area (Å²) in [5.41, 5.74) is 3.19. The van der Waals surface area contributed by atoms with Gasteiger partial charge in [-0.05, 0) is 55.8 Å². The molecule has 0 aliphatic carbocycles. The molecule has 0 radical (unpaired) electrons. The van der Waals surface area contributed by atoms with Crippen molar-refractivity contribution in [3.8, 4) is 11.5 Å². The molecule has 0 unspecified atom stereocenters. The van der Waals surface area contributed by atoms with Crippen molar-refractivity contribution in [2.24, 2.45) is 4.99 Å². The number of carbonyl (C=O) groups excluding carboxylic acids is 1. The Bertz CT molecular complexity index is 1200. The van der Waals surface area contributed by atoms with Gasteiger partial charge in [-0.1, -0.05) is 42.0 Å². The Hall–Kier alpha value is -3.93. The smallest absolute Gasteiger partial charge is 0.363 e. The Balaban J connectivity index is 1.56. The highest BCUT2D eigenvalue weighted by Gasteiger charge is 2.24. The Labute approximate surface area is 185 Å². The van der Waals surface area contributed by atoms with Gasteiger partial charge in [0.25, 0.3) is 0 Å². The molecule has 0 saturated heterocycles. The monoisotopic (exact) mass is 431 g/mol. The molecular formula is C26H22FNO4. The van der Waals surface area contributed by atoms with Crippen LogP contribution in [-0.2, 0) is 16.1 Å². The number of aliphatic imine (C=N–C) groups is 1. The van der Waals surface area contributed by atoms with E-state index in [2.05, 4.69) is 4.99 Å². The number of hydrogen-bond acceptors (Lipinski definition) is 5. The van der Waals surface area contributed by atoms with Crippen LogP contribution in [0.4, 0.5) is 4.39 Å². The predicted molar refractivity (Wildman–Crippen MR) is 120 cm³/mol. The van der Waals surface area contributed by atoms with Crippen molar-refractivity contribution in [2.75, 3.05) is 6.61 Å². The highest BCUT2D eigenvalue weighted by atomic mass is 19.1. The normalized spacial score (nSPS) is 14.3. The van der Waals surface area contributed by atoms with Crippen molar-refractivity contribution < 1.29 is 23.4 Å². The third-order valence-corrected chi connectivity index (χ3v) is 4.83. The van der Waals surface area contributed by atoms with Crippen LogP contribution in [-0.4, -0.2) is 18.5 Å². The second kappa shape index (κ2) is 9.47. The Kier molecular flexibility index (Phi) is 6.31. The standard InChI is InChI=1S/C26H22FNO4/c1-3-30-24-15-18(10-13-23(24)31-16-20-6-4-5-7-21(20)27)14-22-26(29)32-25(28-22)19-11-8-17(2)9-12-19/h4-15H,3,16H2,1-2H3/b22-14-. The number of rotatable bonds is 7. The van der Waals surface area contributed by atoms with Crippen LogP contribution in [0.2, 0.25) is 0 Å². The van der Waals surface area contributed by atoms with Crippen molar-refractivity contribution in [1.29, 1.82) is 0 Å². The van der Waals surface area contributed by atoms with Gasteiger partial charge in [-0.25, -0.2) is 14.2 Å². The fourth-order valence-corrected chi connectivity index (χ4v) is 3.16. The fraction of sp³-hybridized carbons (Fsp3) is 0.154. The van der Waals surface area contributed by atoms with E-state index in [0.717, 1.165) is 11.1 Å². The Morgan fingerprint density at radius 1 is 1.00 bits per heavy atom. The molecule has 6 heteroatoms. The van der Waals surface area contributed by atoms with Crippen LogP contribution in [0.5, 0.6) is 11.5 Å². The number of aryl methyl sites for hydroxylation is 1. The summed E-state index contributed by atoms with van der Waals surface area (Å²) in [7, 11) is 0. The molecule has 0 saturated carbocycles. The van der Waals surface area contributed by atoms with Crippen molar-refractivity contribution in [3.63, 3.8) is 0 Å². The molecule has 0 N–H and O–H groups in total. The minimum Gasteiger partial charge on any atom is -0.490 e. The van der Waals surface area contributed by atoms with Crippen molar-refractivity contribution >= 4 is 17.9 Å². The van der Waals surface area contributed by atoms with E-state index >= 15 is 0 Å². The first-order valence-corrected chi connectivity index (χ1v) is 10.3. The molecule has 3 aromatic carbocycles. The average molecular weight is 431 g/mol. The summed E-state index contributed by atoms with van der Waals surface area (Å²) in [6.07, 6.45) is 1.63. The second-order valence-corrected chi connectivity index (χ2v) is 7.22. The lowest BCUT2D eigenvalue weighted by Gasteiger charge is -2.13. The summed E-state index contributed by atoms with van der Waals surface area (Å²) in [4.78, 5) is 16.6. The first kappa shape index (κ1) is 21.3. The maximum Gasteiger partial charge on any atom is 0.363 e. The summed E-state index contributed by atoms with van der Waals surface area (Å²) in [5.74, 6) is 0.408. The SMILES string of the molecule is CCOc1cc(/C=C2\N=C(c3ccc(C)cc3)OC2=O)ccc1OCc1ccccc1F. The van der Waals surface area contributed by atoms with E-state index in [4.69, 9.17) is 14.2 Å². The van der Waals surface area contributed by atoms with Gasteiger partial charge in [-0.3, -0.25) is 0 Å². The minimum atomic E-state index is -0.515. The van der Waals surface area contributed by atoms with E-state index in [-0.39, 0.29) is 24.0 Å². The number of nitrogens with zero attached hydrogens (tertiary/aromatic N) is 1. The third-order valence-electron chi connectivity index (χ3n) is 4.83. The van der Waals surface area contributed by atoms with Gasteiger partial charge in [0.15, 0.2) is 17.2 Å². The maximum atomic E-state index is 13.9. The zero-order chi connectivity index (χ0) is 22.5. The van der Waals surface area contributed by atoms with Crippen LogP contribution in [0.1, 0.15) is 29.2 Å². The number of esters is 1. The Morgan fingerprint density at radius 2 is 1.78 bits per heavy atom. The van der Waals surface area contributed by atoms with Crippen LogP contribution in [0.3, 0.4) is 0 Å². The molecule has 1 aliphatic rings. The van der Waals surface area contributed by atoms with Gasteiger partial charge in [0.05, 0.1) is 6.61 Å². The molecule has 0 fully saturated rings. The second-order valence-electron chi connectivity index (χ2n) is 7.22. The van der Waals surface area contributed by atoms with Gasteiger partial charge in [-0.15, -0.1) is 0 Å². The van der Waals surface area contributed by atoms with Gasteiger partial charge in [0.1, 0.15) is 12.4 Å². The van der Waals surface area contributed by atoms with Gasteiger partial charge in [0, 0.05) is 11.1 Å². The average Bonchev–Trinajstić information content (AvgIpc) is 3.15. The molecule has 0 bridgehead atoms. The van der Waals surface area contributed by atoms with Crippen molar-refractivity contribution in [2.45, 2.75) is 20.5 Å². The molecule has 0 amide bonds. The molecule has 4 rings (SSSR count). The highest BCUT2D eigenvalue weighted by Crippen LogP contribution is 2.31. The minimum absolute atomic E-state index is 0.0731.